The molecule has 0 fully saturated rings. The third-order valence-corrected chi connectivity index (χ3v) is 4.34. The van der Waals surface area contributed by atoms with Crippen LogP contribution in [0.25, 0.3) is 0 Å². The van der Waals surface area contributed by atoms with Crippen LogP contribution in [-0.2, 0) is 0 Å². The number of aryl methyl sites for hydroxylation is 1. The maximum atomic E-state index is 12.6. The summed E-state index contributed by atoms with van der Waals surface area (Å²) in [6.45, 7) is 1.87. The lowest BCUT2D eigenvalue weighted by Crippen LogP contribution is -2.41. The van der Waals surface area contributed by atoms with Crippen LogP contribution in [0, 0.1) is 6.92 Å². The molecule has 0 saturated carbocycles. The summed E-state index contributed by atoms with van der Waals surface area (Å²) in [6.07, 6.45) is 0. The van der Waals surface area contributed by atoms with Gasteiger partial charge in [-0.15, -0.1) is 0 Å². The molecule has 3 aromatic carbocycles. The van der Waals surface area contributed by atoms with Crippen molar-refractivity contribution >= 4 is 23.4 Å². The molecule has 0 spiro atoms. The highest BCUT2D eigenvalue weighted by molar-refractivity contribution is 6.09. The molecule has 3 amide bonds. The first kappa shape index (κ1) is 20.6. The number of rotatable bonds is 5. The van der Waals surface area contributed by atoms with E-state index in [-0.39, 0.29) is 11.5 Å². The van der Waals surface area contributed by atoms with Crippen LogP contribution in [0.1, 0.15) is 36.6 Å². The second-order valence-corrected chi connectivity index (χ2v) is 6.51. The molecule has 0 heterocycles. The zero-order chi connectivity index (χ0) is 21.5. The van der Waals surface area contributed by atoms with Gasteiger partial charge < -0.3 is 10.1 Å². The molecule has 3 rings (SSSR count). The SMILES string of the molecule is COc1ccc(C(=O)Nc2ccccc2C(=O)NNC(=O)c2cccc(C)c2)cc1. The van der Waals surface area contributed by atoms with Gasteiger partial charge in [0.25, 0.3) is 17.7 Å². The quantitative estimate of drug-likeness (QED) is 0.570. The second kappa shape index (κ2) is 9.38. The summed E-state index contributed by atoms with van der Waals surface area (Å²) in [4.78, 5) is 37.3. The van der Waals surface area contributed by atoms with Gasteiger partial charge in [-0.2, -0.15) is 0 Å². The van der Waals surface area contributed by atoms with E-state index >= 15 is 0 Å². The Morgan fingerprint density at radius 2 is 1.43 bits per heavy atom. The fourth-order valence-corrected chi connectivity index (χ4v) is 2.77. The average Bonchev–Trinajstić information content (AvgIpc) is 2.77. The topological polar surface area (TPSA) is 96.5 Å². The first-order chi connectivity index (χ1) is 14.5. The molecule has 0 radical (unpaired) electrons. The van der Waals surface area contributed by atoms with Crippen LogP contribution in [0.3, 0.4) is 0 Å². The third-order valence-electron chi connectivity index (χ3n) is 4.34. The van der Waals surface area contributed by atoms with Crippen molar-refractivity contribution in [1.29, 1.82) is 0 Å². The molecule has 0 saturated heterocycles. The highest BCUT2D eigenvalue weighted by Gasteiger charge is 2.15. The molecule has 30 heavy (non-hydrogen) atoms. The van der Waals surface area contributed by atoms with E-state index in [1.807, 2.05) is 13.0 Å². The Hall–Kier alpha value is -4.13. The van der Waals surface area contributed by atoms with Crippen molar-refractivity contribution < 1.29 is 19.1 Å². The number of ether oxygens (including phenoxy) is 1. The molecule has 0 aliphatic carbocycles. The molecular formula is C23H21N3O4. The van der Waals surface area contributed by atoms with Gasteiger partial charge in [-0.1, -0.05) is 29.8 Å². The van der Waals surface area contributed by atoms with Gasteiger partial charge in [0.2, 0.25) is 0 Å². The fraction of sp³-hybridized carbons (Fsp3) is 0.0870. The molecular weight excluding hydrogens is 382 g/mol. The van der Waals surface area contributed by atoms with Gasteiger partial charge in [0.05, 0.1) is 18.4 Å². The van der Waals surface area contributed by atoms with E-state index in [1.165, 1.54) is 0 Å². The van der Waals surface area contributed by atoms with Crippen LogP contribution in [-0.4, -0.2) is 24.8 Å². The van der Waals surface area contributed by atoms with Gasteiger partial charge in [-0.05, 0) is 55.5 Å². The molecule has 0 unspecified atom stereocenters. The average molecular weight is 403 g/mol. The lowest BCUT2D eigenvalue weighted by molar-refractivity contribution is 0.0847. The van der Waals surface area contributed by atoms with E-state index in [0.29, 0.717) is 22.6 Å². The number of methoxy groups -OCH3 is 1. The summed E-state index contributed by atoms with van der Waals surface area (Å²) >= 11 is 0. The molecule has 3 N–H and O–H groups in total. The number of para-hydroxylation sites is 1. The van der Waals surface area contributed by atoms with Gasteiger partial charge in [0.15, 0.2) is 0 Å². The number of carbonyl (C=O) groups excluding carboxylic acids is 3. The molecule has 0 aromatic heterocycles. The molecule has 7 nitrogen and oxygen atoms in total. The Balaban J connectivity index is 1.68. The second-order valence-electron chi connectivity index (χ2n) is 6.51. The molecule has 7 heteroatoms. The van der Waals surface area contributed by atoms with Crippen molar-refractivity contribution in [2.75, 3.05) is 12.4 Å². The number of anilines is 1. The fourth-order valence-electron chi connectivity index (χ4n) is 2.77. The van der Waals surface area contributed by atoms with Gasteiger partial charge >= 0.3 is 0 Å². The summed E-state index contributed by atoms with van der Waals surface area (Å²) in [7, 11) is 1.54. The van der Waals surface area contributed by atoms with E-state index in [1.54, 1.807) is 73.8 Å². The summed E-state index contributed by atoms with van der Waals surface area (Å²) in [5.74, 6) is -0.731. The summed E-state index contributed by atoms with van der Waals surface area (Å²) in [5, 5.41) is 2.72. The Kier molecular flexibility index (Phi) is 6.44. The van der Waals surface area contributed by atoms with Crippen molar-refractivity contribution in [2.24, 2.45) is 0 Å². The first-order valence-electron chi connectivity index (χ1n) is 9.19. The van der Waals surface area contributed by atoms with Crippen molar-refractivity contribution in [3.63, 3.8) is 0 Å². The number of carbonyl (C=O) groups is 3. The van der Waals surface area contributed by atoms with Crippen molar-refractivity contribution in [3.05, 3.63) is 95.1 Å². The van der Waals surface area contributed by atoms with Crippen molar-refractivity contribution in [2.45, 2.75) is 6.92 Å². The standard InChI is InChI=1S/C23H21N3O4/c1-15-6-5-7-17(14-15)22(28)25-26-23(29)19-8-3-4-9-20(19)24-21(27)16-10-12-18(30-2)13-11-16/h3-14H,1-2H3,(H,24,27)(H,25,28)(H,26,29). The van der Waals surface area contributed by atoms with Gasteiger partial charge in [-0.25, -0.2) is 0 Å². The van der Waals surface area contributed by atoms with Crippen LogP contribution in [0.15, 0.2) is 72.8 Å². The molecule has 0 aliphatic rings. The lowest BCUT2D eigenvalue weighted by Gasteiger charge is -2.12. The summed E-state index contributed by atoms with van der Waals surface area (Å²) < 4.78 is 5.08. The Morgan fingerprint density at radius 3 is 2.13 bits per heavy atom. The number of amides is 3. The molecule has 152 valence electrons. The number of hydrazine groups is 1. The maximum absolute atomic E-state index is 12.6. The predicted octanol–water partition coefficient (Wildman–Crippen LogP) is 3.33. The van der Waals surface area contributed by atoms with Crippen LogP contribution in [0.4, 0.5) is 5.69 Å². The largest absolute Gasteiger partial charge is 0.497 e. The Labute approximate surface area is 174 Å². The summed E-state index contributed by atoms with van der Waals surface area (Å²) in [6, 6.07) is 20.1. The molecule has 3 aromatic rings. The highest BCUT2D eigenvalue weighted by Crippen LogP contribution is 2.17. The highest BCUT2D eigenvalue weighted by atomic mass is 16.5. The van der Waals surface area contributed by atoms with E-state index < -0.39 is 11.8 Å². The number of nitrogens with one attached hydrogen (secondary N) is 3. The third kappa shape index (κ3) is 5.02. The zero-order valence-corrected chi connectivity index (χ0v) is 16.6. The predicted molar refractivity (Wildman–Crippen MR) is 114 cm³/mol. The smallest absolute Gasteiger partial charge is 0.271 e. The Morgan fingerprint density at radius 1 is 0.733 bits per heavy atom. The van der Waals surface area contributed by atoms with Crippen LogP contribution in [0.2, 0.25) is 0 Å². The lowest BCUT2D eigenvalue weighted by atomic mass is 10.1. The minimum atomic E-state index is -0.554. The maximum Gasteiger partial charge on any atom is 0.271 e. The Bertz CT molecular complexity index is 1080. The van der Waals surface area contributed by atoms with E-state index in [4.69, 9.17) is 4.74 Å². The molecule has 0 aliphatic heterocycles. The van der Waals surface area contributed by atoms with E-state index in [0.717, 1.165) is 5.56 Å². The molecule has 0 atom stereocenters. The first-order valence-corrected chi connectivity index (χ1v) is 9.19. The van der Waals surface area contributed by atoms with Crippen LogP contribution < -0.4 is 20.9 Å². The number of benzene rings is 3. The van der Waals surface area contributed by atoms with Gasteiger partial charge in [-0.3, -0.25) is 25.2 Å². The summed E-state index contributed by atoms with van der Waals surface area (Å²) in [5.41, 5.74) is 7.07. The molecule has 0 bridgehead atoms. The van der Waals surface area contributed by atoms with E-state index in [9.17, 15) is 14.4 Å². The minimum Gasteiger partial charge on any atom is -0.497 e. The minimum absolute atomic E-state index is 0.212. The van der Waals surface area contributed by atoms with Crippen LogP contribution >= 0.6 is 0 Å². The normalized spacial score (nSPS) is 10.1. The van der Waals surface area contributed by atoms with Crippen LogP contribution in [0.5, 0.6) is 5.75 Å². The van der Waals surface area contributed by atoms with Crippen molar-refractivity contribution in [1.82, 2.24) is 10.9 Å². The zero-order valence-electron chi connectivity index (χ0n) is 16.6. The van der Waals surface area contributed by atoms with Gasteiger partial charge in [0.1, 0.15) is 5.75 Å². The van der Waals surface area contributed by atoms with Crippen molar-refractivity contribution in [3.8, 4) is 5.75 Å². The number of hydrogen-bond acceptors (Lipinski definition) is 4. The van der Waals surface area contributed by atoms with Gasteiger partial charge in [0, 0.05) is 11.1 Å². The monoisotopic (exact) mass is 403 g/mol. The number of hydrogen-bond donors (Lipinski definition) is 3. The van der Waals surface area contributed by atoms with E-state index in [2.05, 4.69) is 16.2 Å².